The summed E-state index contributed by atoms with van der Waals surface area (Å²) in [6.07, 6.45) is 1.88. The SMILES string of the molecule is C=C1C=NC(=O)C=C1NC(=O)OC(C)(C)C. The summed E-state index contributed by atoms with van der Waals surface area (Å²) in [6.45, 7) is 8.90. The third kappa shape index (κ3) is 3.68. The van der Waals surface area contributed by atoms with Gasteiger partial charge in [0.05, 0.1) is 5.70 Å². The first kappa shape index (κ1) is 12.2. The van der Waals surface area contributed by atoms with E-state index in [9.17, 15) is 9.59 Å². The van der Waals surface area contributed by atoms with Crippen molar-refractivity contribution in [2.45, 2.75) is 26.4 Å². The van der Waals surface area contributed by atoms with Gasteiger partial charge >= 0.3 is 6.09 Å². The summed E-state index contributed by atoms with van der Waals surface area (Å²) in [5.41, 5.74) is 0.193. The van der Waals surface area contributed by atoms with Gasteiger partial charge in [0.25, 0.3) is 5.91 Å². The van der Waals surface area contributed by atoms with Gasteiger partial charge in [-0.25, -0.2) is 9.79 Å². The lowest BCUT2D eigenvalue weighted by molar-refractivity contribution is -0.113. The molecule has 0 aliphatic carbocycles. The molecule has 0 bridgehead atoms. The molecule has 0 unspecified atom stereocenters. The van der Waals surface area contributed by atoms with Gasteiger partial charge in [-0.2, -0.15) is 0 Å². The van der Waals surface area contributed by atoms with Crippen LogP contribution in [-0.2, 0) is 9.53 Å². The van der Waals surface area contributed by atoms with Gasteiger partial charge < -0.3 is 4.74 Å². The molecule has 0 saturated carbocycles. The Morgan fingerprint density at radius 1 is 1.50 bits per heavy atom. The molecule has 0 aromatic carbocycles. The summed E-state index contributed by atoms with van der Waals surface area (Å²) < 4.78 is 5.04. The number of aliphatic imine (C=N–C) groups is 1. The summed E-state index contributed by atoms with van der Waals surface area (Å²) >= 11 is 0. The fourth-order valence-corrected chi connectivity index (χ4v) is 0.994. The average molecular weight is 222 g/mol. The van der Waals surface area contributed by atoms with Crippen molar-refractivity contribution < 1.29 is 14.3 Å². The van der Waals surface area contributed by atoms with Crippen LogP contribution >= 0.6 is 0 Å². The van der Waals surface area contributed by atoms with Crippen LogP contribution in [0.15, 0.2) is 28.9 Å². The number of allylic oxidation sites excluding steroid dienone is 1. The van der Waals surface area contributed by atoms with Gasteiger partial charge in [-0.1, -0.05) is 6.58 Å². The number of dihydropyridines is 1. The maximum Gasteiger partial charge on any atom is 0.412 e. The second kappa shape index (κ2) is 4.30. The van der Waals surface area contributed by atoms with Crippen molar-refractivity contribution in [3.05, 3.63) is 23.9 Å². The molecule has 5 heteroatoms. The summed E-state index contributed by atoms with van der Waals surface area (Å²) in [5, 5.41) is 2.44. The Balaban J connectivity index is 2.65. The van der Waals surface area contributed by atoms with Gasteiger partial charge in [-0.05, 0) is 20.8 Å². The average Bonchev–Trinajstić information content (AvgIpc) is 2.08. The summed E-state index contributed by atoms with van der Waals surface area (Å²) in [5.74, 6) is -0.432. The first-order valence-electron chi connectivity index (χ1n) is 4.77. The lowest BCUT2D eigenvalue weighted by Gasteiger charge is -2.20. The van der Waals surface area contributed by atoms with Crippen LogP contribution in [0.25, 0.3) is 0 Å². The van der Waals surface area contributed by atoms with E-state index < -0.39 is 17.6 Å². The van der Waals surface area contributed by atoms with Gasteiger partial charge in [0.2, 0.25) is 0 Å². The zero-order valence-corrected chi connectivity index (χ0v) is 9.53. The molecule has 0 aromatic heterocycles. The number of carbonyl (C=O) groups excluding carboxylic acids is 2. The number of amides is 2. The van der Waals surface area contributed by atoms with Crippen molar-refractivity contribution >= 4 is 18.2 Å². The minimum Gasteiger partial charge on any atom is -0.444 e. The number of hydrogen-bond acceptors (Lipinski definition) is 3. The second-order valence-corrected chi connectivity index (χ2v) is 4.31. The van der Waals surface area contributed by atoms with E-state index in [0.29, 0.717) is 11.3 Å². The number of carbonyl (C=O) groups is 2. The van der Waals surface area contributed by atoms with Crippen LogP contribution in [0.4, 0.5) is 4.79 Å². The Labute approximate surface area is 93.9 Å². The van der Waals surface area contributed by atoms with E-state index in [-0.39, 0.29) is 0 Å². The molecule has 0 fully saturated rings. The van der Waals surface area contributed by atoms with Gasteiger partial charge in [-0.3, -0.25) is 10.1 Å². The molecule has 2 amide bonds. The number of rotatable bonds is 1. The van der Waals surface area contributed by atoms with Crippen LogP contribution in [0.5, 0.6) is 0 Å². The summed E-state index contributed by atoms with van der Waals surface area (Å²) in [7, 11) is 0. The number of alkyl carbamates (subject to hydrolysis) is 1. The van der Waals surface area contributed by atoms with E-state index >= 15 is 0 Å². The Hall–Kier alpha value is -1.91. The minimum absolute atomic E-state index is 0.314. The van der Waals surface area contributed by atoms with E-state index in [1.165, 1.54) is 12.3 Å². The highest BCUT2D eigenvalue weighted by Gasteiger charge is 2.18. The number of hydrogen-bond donors (Lipinski definition) is 1. The Morgan fingerprint density at radius 2 is 2.12 bits per heavy atom. The quantitative estimate of drug-likeness (QED) is 0.732. The zero-order chi connectivity index (χ0) is 12.3. The topological polar surface area (TPSA) is 67.8 Å². The molecular formula is C11H14N2O3. The third-order valence-electron chi connectivity index (χ3n) is 1.60. The van der Waals surface area contributed by atoms with Crippen molar-refractivity contribution in [1.82, 2.24) is 5.32 Å². The number of nitrogens with zero attached hydrogens (tertiary/aromatic N) is 1. The first-order valence-corrected chi connectivity index (χ1v) is 4.77. The molecule has 0 saturated heterocycles. The minimum atomic E-state index is -0.622. The molecule has 0 radical (unpaired) electrons. The standard InChI is InChI=1S/C11H14N2O3/c1-7-6-12-9(14)5-8(7)13-10(15)16-11(2,3)4/h5-6H,1H2,2-4H3,(H,13,15). The highest BCUT2D eigenvalue weighted by atomic mass is 16.6. The lowest BCUT2D eigenvalue weighted by Crippen LogP contribution is -2.33. The van der Waals surface area contributed by atoms with Crippen LogP contribution in [0, 0.1) is 0 Å². The monoisotopic (exact) mass is 222 g/mol. The molecule has 16 heavy (non-hydrogen) atoms. The number of nitrogens with one attached hydrogen (secondary N) is 1. The fraction of sp³-hybridized carbons (Fsp3) is 0.364. The molecule has 0 spiro atoms. The Bertz CT molecular complexity index is 400. The number of ether oxygens (including phenoxy) is 1. The van der Waals surface area contributed by atoms with E-state index in [2.05, 4.69) is 16.9 Å². The van der Waals surface area contributed by atoms with Gasteiger partial charge in [0.1, 0.15) is 5.60 Å². The van der Waals surface area contributed by atoms with E-state index in [0.717, 1.165) is 0 Å². The highest BCUT2D eigenvalue weighted by molar-refractivity contribution is 6.04. The molecule has 1 aliphatic rings. The second-order valence-electron chi connectivity index (χ2n) is 4.31. The Kier molecular flexibility index (Phi) is 3.27. The van der Waals surface area contributed by atoms with Crippen LogP contribution in [0.2, 0.25) is 0 Å². The molecule has 5 nitrogen and oxygen atoms in total. The maximum atomic E-state index is 11.4. The van der Waals surface area contributed by atoms with Crippen molar-refractivity contribution in [3.63, 3.8) is 0 Å². The van der Waals surface area contributed by atoms with Crippen LogP contribution in [-0.4, -0.2) is 23.8 Å². The molecule has 1 aliphatic heterocycles. The first-order chi connectivity index (χ1) is 7.28. The largest absolute Gasteiger partial charge is 0.444 e. The predicted molar refractivity (Wildman–Crippen MR) is 60.1 cm³/mol. The van der Waals surface area contributed by atoms with Crippen LogP contribution in [0.3, 0.4) is 0 Å². The van der Waals surface area contributed by atoms with E-state index in [4.69, 9.17) is 4.74 Å². The lowest BCUT2D eigenvalue weighted by atomic mass is 10.2. The van der Waals surface area contributed by atoms with Crippen molar-refractivity contribution in [2.24, 2.45) is 4.99 Å². The van der Waals surface area contributed by atoms with Crippen LogP contribution < -0.4 is 5.32 Å². The molecule has 86 valence electrons. The van der Waals surface area contributed by atoms with E-state index in [1.54, 1.807) is 20.8 Å². The van der Waals surface area contributed by atoms with Gasteiger partial charge in [-0.15, -0.1) is 0 Å². The van der Waals surface area contributed by atoms with Crippen molar-refractivity contribution in [1.29, 1.82) is 0 Å². The maximum absolute atomic E-state index is 11.4. The van der Waals surface area contributed by atoms with E-state index in [1.807, 2.05) is 0 Å². The molecule has 1 heterocycles. The third-order valence-corrected chi connectivity index (χ3v) is 1.60. The summed E-state index contributed by atoms with van der Waals surface area (Å²) in [6, 6.07) is 0. The summed E-state index contributed by atoms with van der Waals surface area (Å²) in [4.78, 5) is 25.9. The highest BCUT2D eigenvalue weighted by Crippen LogP contribution is 2.10. The smallest absolute Gasteiger partial charge is 0.412 e. The molecule has 0 atom stereocenters. The Morgan fingerprint density at radius 3 is 2.69 bits per heavy atom. The predicted octanol–water partition coefficient (Wildman–Crippen LogP) is 1.56. The van der Waals surface area contributed by atoms with Gasteiger partial charge in [0, 0.05) is 17.9 Å². The molecular weight excluding hydrogens is 208 g/mol. The van der Waals surface area contributed by atoms with Crippen molar-refractivity contribution in [2.75, 3.05) is 0 Å². The van der Waals surface area contributed by atoms with Crippen LogP contribution in [0.1, 0.15) is 20.8 Å². The van der Waals surface area contributed by atoms with Gasteiger partial charge in [0.15, 0.2) is 0 Å². The van der Waals surface area contributed by atoms with Crippen molar-refractivity contribution in [3.8, 4) is 0 Å². The fourth-order valence-electron chi connectivity index (χ4n) is 0.994. The zero-order valence-electron chi connectivity index (χ0n) is 9.53. The molecule has 1 rings (SSSR count). The normalized spacial score (nSPS) is 15.8. The molecule has 0 aromatic rings. The molecule has 1 N–H and O–H groups in total.